The maximum absolute atomic E-state index is 4.65. The number of aromatic nitrogens is 2. The van der Waals surface area contributed by atoms with Crippen molar-refractivity contribution in [3.63, 3.8) is 0 Å². The minimum Gasteiger partial charge on any atom is -0.307 e. The van der Waals surface area contributed by atoms with Crippen LogP contribution in [0.15, 0.2) is 0 Å². The summed E-state index contributed by atoms with van der Waals surface area (Å²) in [5, 5.41) is 3.32. The predicted molar refractivity (Wildman–Crippen MR) is 53.8 cm³/mol. The number of nitrogens with zero attached hydrogens (tertiary/aromatic N) is 2. The first kappa shape index (κ1) is 8.36. The first-order valence-electron chi connectivity index (χ1n) is 5.32. The zero-order valence-electron chi connectivity index (χ0n) is 8.67. The Bertz CT molecular complexity index is 386. The summed E-state index contributed by atoms with van der Waals surface area (Å²) in [7, 11) is 0. The first-order valence-corrected chi connectivity index (χ1v) is 5.32. The molecule has 1 N–H and O–H groups in total. The Labute approximate surface area is 84.0 Å². The molecule has 0 saturated heterocycles. The van der Waals surface area contributed by atoms with E-state index in [4.69, 9.17) is 0 Å². The molecule has 0 spiro atoms. The Morgan fingerprint density at radius 3 is 2.79 bits per heavy atom. The molecule has 1 aliphatic carbocycles. The van der Waals surface area contributed by atoms with Gasteiger partial charge in [-0.3, -0.25) is 0 Å². The average Bonchev–Trinajstić information content (AvgIpc) is 2.71. The van der Waals surface area contributed by atoms with Gasteiger partial charge in [-0.2, -0.15) is 0 Å². The molecule has 1 fully saturated rings. The fraction of sp³-hybridized carbons (Fsp3) is 0.636. The van der Waals surface area contributed by atoms with Crippen molar-refractivity contribution in [2.24, 2.45) is 5.92 Å². The van der Waals surface area contributed by atoms with Gasteiger partial charge in [0, 0.05) is 30.3 Å². The molecule has 3 heteroatoms. The summed E-state index contributed by atoms with van der Waals surface area (Å²) in [5.74, 6) is 2.51. The highest BCUT2D eigenvalue weighted by atomic mass is 15.0. The molecule has 0 aromatic carbocycles. The zero-order chi connectivity index (χ0) is 9.71. The van der Waals surface area contributed by atoms with Crippen molar-refractivity contribution < 1.29 is 0 Å². The van der Waals surface area contributed by atoms with Gasteiger partial charge in [0.1, 0.15) is 5.82 Å². The van der Waals surface area contributed by atoms with Crippen molar-refractivity contribution in [1.82, 2.24) is 15.3 Å². The monoisotopic (exact) mass is 189 g/mol. The fourth-order valence-corrected chi connectivity index (χ4v) is 2.21. The minimum absolute atomic E-state index is 0.639. The molecule has 2 unspecified atom stereocenters. The zero-order valence-corrected chi connectivity index (χ0v) is 8.67. The summed E-state index contributed by atoms with van der Waals surface area (Å²) in [6, 6.07) is 0. The van der Waals surface area contributed by atoms with Gasteiger partial charge >= 0.3 is 0 Å². The number of hydrogen-bond donors (Lipinski definition) is 1. The van der Waals surface area contributed by atoms with Crippen molar-refractivity contribution in [2.75, 3.05) is 0 Å². The van der Waals surface area contributed by atoms with E-state index in [0.717, 1.165) is 24.8 Å². The Kier molecular flexibility index (Phi) is 1.65. The average molecular weight is 189 g/mol. The van der Waals surface area contributed by atoms with Crippen LogP contribution in [0.5, 0.6) is 0 Å². The molecule has 0 radical (unpaired) electrons. The van der Waals surface area contributed by atoms with Gasteiger partial charge < -0.3 is 5.32 Å². The van der Waals surface area contributed by atoms with E-state index in [1.54, 1.807) is 0 Å². The Balaban J connectivity index is 2.03. The Morgan fingerprint density at radius 1 is 1.29 bits per heavy atom. The van der Waals surface area contributed by atoms with Gasteiger partial charge in [0.05, 0.1) is 5.69 Å². The molecule has 2 heterocycles. The van der Waals surface area contributed by atoms with E-state index in [1.807, 2.05) is 0 Å². The van der Waals surface area contributed by atoms with E-state index < -0.39 is 0 Å². The quantitative estimate of drug-likeness (QED) is 0.727. The molecule has 0 bridgehead atoms. The van der Waals surface area contributed by atoms with Gasteiger partial charge in [-0.25, -0.2) is 9.97 Å². The summed E-state index contributed by atoms with van der Waals surface area (Å²) in [4.78, 5) is 9.26. The van der Waals surface area contributed by atoms with E-state index in [9.17, 15) is 0 Å². The van der Waals surface area contributed by atoms with Gasteiger partial charge in [-0.15, -0.1) is 0 Å². The topological polar surface area (TPSA) is 37.8 Å². The van der Waals surface area contributed by atoms with Crippen LogP contribution in [0, 0.1) is 12.8 Å². The lowest BCUT2D eigenvalue weighted by atomic mass is 10.2. The highest BCUT2D eigenvalue weighted by Crippen LogP contribution is 2.45. The van der Waals surface area contributed by atoms with Crippen molar-refractivity contribution >= 4 is 0 Å². The van der Waals surface area contributed by atoms with E-state index in [1.165, 1.54) is 23.4 Å². The summed E-state index contributed by atoms with van der Waals surface area (Å²) < 4.78 is 0. The third-order valence-electron chi connectivity index (χ3n) is 3.35. The molecule has 3 rings (SSSR count). The highest BCUT2D eigenvalue weighted by Gasteiger charge is 2.37. The maximum atomic E-state index is 4.65. The molecule has 2 atom stereocenters. The van der Waals surface area contributed by atoms with Gasteiger partial charge in [0.15, 0.2) is 0 Å². The van der Waals surface area contributed by atoms with Crippen molar-refractivity contribution in [3.8, 4) is 0 Å². The van der Waals surface area contributed by atoms with E-state index >= 15 is 0 Å². The van der Waals surface area contributed by atoms with Gasteiger partial charge in [0.2, 0.25) is 0 Å². The third kappa shape index (κ3) is 1.16. The van der Waals surface area contributed by atoms with E-state index in [2.05, 4.69) is 29.1 Å². The van der Waals surface area contributed by atoms with Crippen LogP contribution in [-0.2, 0) is 13.1 Å². The summed E-state index contributed by atoms with van der Waals surface area (Å²) in [6.45, 7) is 6.24. The van der Waals surface area contributed by atoms with Crippen LogP contribution >= 0.6 is 0 Å². The molecule has 1 aromatic heterocycles. The standard InChI is InChI=1S/C11H15N3/c1-6-3-8(6)11-13-7(2)9-4-12-5-10(9)14-11/h6,8,12H,3-5H2,1-2H3. The number of nitrogens with one attached hydrogen (secondary N) is 1. The van der Waals surface area contributed by atoms with E-state index in [0.29, 0.717) is 5.92 Å². The number of hydrogen-bond acceptors (Lipinski definition) is 3. The smallest absolute Gasteiger partial charge is 0.132 e. The lowest BCUT2D eigenvalue weighted by molar-refractivity contribution is 0.753. The van der Waals surface area contributed by atoms with Crippen molar-refractivity contribution in [2.45, 2.75) is 39.3 Å². The van der Waals surface area contributed by atoms with Crippen LogP contribution in [-0.4, -0.2) is 9.97 Å². The SMILES string of the molecule is Cc1nc(C2CC2C)nc2c1CNC2. The normalized spacial score (nSPS) is 29.0. The lowest BCUT2D eigenvalue weighted by Crippen LogP contribution is -2.02. The fourth-order valence-electron chi connectivity index (χ4n) is 2.21. The first-order chi connectivity index (χ1) is 6.75. The molecule has 2 aliphatic rings. The number of fused-ring (bicyclic) bond motifs is 1. The summed E-state index contributed by atoms with van der Waals surface area (Å²) in [6.07, 6.45) is 1.27. The summed E-state index contributed by atoms with van der Waals surface area (Å²) in [5.41, 5.74) is 3.72. The third-order valence-corrected chi connectivity index (χ3v) is 3.35. The Morgan fingerprint density at radius 2 is 2.07 bits per heavy atom. The molecular weight excluding hydrogens is 174 g/mol. The van der Waals surface area contributed by atoms with Crippen LogP contribution in [0.1, 0.15) is 42.0 Å². The molecule has 1 aromatic rings. The molecule has 1 saturated carbocycles. The van der Waals surface area contributed by atoms with Crippen LogP contribution in [0.4, 0.5) is 0 Å². The van der Waals surface area contributed by atoms with Crippen molar-refractivity contribution in [3.05, 3.63) is 22.8 Å². The Hall–Kier alpha value is -0.960. The van der Waals surface area contributed by atoms with Crippen LogP contribution in [0.3, 0.4) is 0 Å². The second-order valence-corrected chi connectivity index (χ2v) is 4.52. The number of rotatable bonds is 1. The molecule has 1 aliphatic heterocycles. The molecule has 14 heavy (non-hydrogen) atoms. The highest BCUT2D eigenvalue weighted by molar-refractivity contribution is 5.30. The van der Waals surface area contributed by atoms with Crippen molar-refractivity contribution in [1.29, 1.82) is 0 Å². The minimum atomic E-state index is 0.639. The molecule has 74 valence electrons. The lowest BCUT2D eigenvalue weighted by Gasteiger charge is -2.04. The van der Waals surface area contributed by atoms with Gasteiger partial charge in [0.25, 0.3) is 0 Å². The predicted octanol–water partition coefficient (Wildman–Crippen LogP) is 1.51. The van der Waals surface area contributed by atoms with Crippen LogP contribution in [0.25, 0.3) is 0 Å². The molecular formula is C11H15N3. The van der Waals surface area contributed by atoms with Crippen LogP contribution < -0.4 is 5.32 Å². The largest absolute Gasteiger partial charge is 0.307 e. The number of aryl methyl sites for hydroxylation is 1. The second kappa shape index (κ2) is 2.76. The van der Waals surface area contributed by atoms with Gasteiger partial charge in [-0.1, -0.05) is 6.92 Å². The second-order valence-electron chi connectivity index (χ2n) is 4.52. The molecule has 3 nitrogen and oxygen atoms in total. The summed E-state index contributed by atoms with van der Waals surface area (Å²) >= 11 is 0. The van der Waals surface area contributed by atoms with Crippen LogP contribution in [0.2, 0.25) is 0 Å². The van der Waals surface area contributed by atoms with Gasteiger partial charge in [-0.05, 0) is 19.3 Å². The molecule has 0 amide bonds. The maximum Gasteiger partial charge on any atom is 0.132 e. The van der Waals surface area contributed by atoms with E-state index in [-0.39, 0.29) is 0 Å².